The molecule has 2 fully saturated rings. The van der Waals surface area contributed by atoms with Crippen LogP contribution in [0.5, 0.6) is 17.2 Å². The molecule has 0 saturated carbocycles. The fourth-order valence-electron chi connectivity index (χ4n) is 6.87. The van der Waals surface area contributed by atoms with E-state index in [-0.39, 0.29) is 68.6 Å². The van der Waals surface area contributed by atoms with Crippen LogP contribution in [-0.4, -0.2) is 104 Å². The van der Waals surface area contributed by atoms with E-state index >= 15 is 0 Å². The molecule has 15 nitrogen and oxygen atoms in total. The number of hydrogen-bond acceptors (Lipinski definition) is 13. The minimum Gasteiger partial charge on any atom is -0.487 e. The number of alkyl carbamates (subject to hydrolysis) is 1. The van der Waals surface area contributed by atoms with Crippen LogP contribution in [0.1, 0.15) is 36.5 Å². The Balaban J connectivity index is 1.32. The van der Waals surface area contributed by atoms with Crippen molar-refractivity contribution in [3.63, 3.8) is 0 Å². The van der Waals surface area contributed by atoms with Gasteiger partial charge in [-0.15, -0.1) is 11.3 Å². The fraction of sp³-hybridized carbons (Fsp3) is 0.541. The second-order valence-electron chi connectivity index (χ2n) is 13.9. The molecule has 18 heteroatoms. The fourth-order valence-corrected chi connectivity index (χ4v) is 9.38. The Kier molecular flexibility index (Phi) is 14.1. The molecule has 2 aromatic carbocycles. The number of aryl methyl sites for hydroxylation is 1. The summed E-state index contributed by atoms with van der Waals surface area (Å²) in [5.74, 6) is -1.37. The predicted octanol–water partition coefficient (Wildman–Crippen LogP) is 5.03. The van der Waals surface area contributed by atoms with E-state index in [1.165, 1.54) is 33.8 Å². The van der Waals surface area contributed by atoms with Crippen molar-refractivity contribution >= 4 is 56.0 Å². The van der Waals surface area contributed by atoms with Gasteiger partial charge in [-0.3, -0.25) is 0 Å². The molecule has 3 aromatic rings. The molecule has 0 spiro atoms. The molecule has 4 heterocycles. The van der Waals surface area contributed by atoms with Crippen LogP contribution in [0.4, 0.5) is 4.79 Å². The third-order valence-corrected chi connectivity index (χ3v) is 12.6. The first-order valence-electron chi connectivity index (χ1n) is 18.0. The number of amides is 1. The molecule has 6 atom stereocenters. The highest BCUT2D eigenvalue weighted by molar-refractivity contribution is 14.1. The molecule has 3 aliphatic heterocycles. The highest BCUT2D eigenvalue weighted by Crippen LogP contribution is 2.36. The van der Waals surface area contributed by atoms with Gasteiger partial charge in [-0.2, -0.15) is 4.31 Å². The maximum absolute atomic E-state index is 14.4. The Morgan fingerprint density at radius 1 is 1.11 bits per heavy atom. The van der Waals surface area contributed by atoms with E-state index in [4.69, 9.17) is 33.2 Å². The Morgan fingerprint density at radius 2 is 1.89 bits per heavy atom. The number of carboxylic acids is 1. The first-order chi connectivity index (χ1) is 26.4. The lowest BCUT2D eigenvalue weighted by Gasteiger charge is -2.36. The Bertz CT molecular complexity index is 1880. The quantitative estimate of drug-likeness (QED) is 0.121. The van der Waals surface area contributed by atoms with Crippen molar-refractivity contribution in [2.75, 3.05) is 44.1 Å². The number of nitrogens with one attached hydrogen (secondary N) is 1. The lowest BCUT2D eigenvalue weighted by molar-refractivity contribution is -0.155. The second kappa shape index (κ2) is 18.8. The van der Waals surface area contributed by atoms with Crippen LogP contribution in [-0.2, 0) is 46.8 Å². The summed E-state index contributed by atoms with van der Waals surface area (Å²) in [4.78, 5) is 31.2. The number of hydrogen-bond donors (Lipinski definition) is 2. The molecular formula is C37H46IN3O12S2. The molecule has 0 radical (unpaired) electrons. The molecule has 6 rings (SSSR count). The van der Waals surface area contributed by atoms with E-state index in [2.05, 4.69) is 32.9 Å². The van der Waals surface area contributed by atoms with Crippen molar-refractivity contribution in [1.29, 1.82) is 0 Å². The van der Waals surface area contributed by atoms with Gasteiger partial charge in [-0.05, 0) is 55.5 Å². The van der Waals surface area contributed by atoms with Crippen LogP contribution in [0, 0.1) is 24.7 Å². The molecule has 0 aliphatic carbocycles. The van der Waals surface area contributed by atoms with Gasteiger partial charge in [0.15, 0.2) is 23.9 Å². The van der Waals surface area contributed by atoms with Crippen LogP contribution >= 0.6 is 33.9 Å². The van der Waals surface area contributed by atoms with Crippen LogP contribution < -0.4 is 19.5 Å². The lowest BCUT2D eigenvalue weighted by atomic mass is 9.88. The molecule has 2 saturated heterocycles. The highest BCUT2D eigenvalue weighted by atomic mass is 127. The lowest BCUT2D eigenvalue weighted by Crippen LogP contribution is -2.55. The Hall–Kier alpha value is -3.27. The number of aliphatic carboxylic acids is 1. The molecule has 300 valence electrons. The van der Waals surface area contributed by atoms with Gasteiger partial charge in [0.25, 0.3) is 0 Å². The maximum atomic E-state index is 14.4. The molecule has 55 heavy (non-hydrogen) atoms. The summed E-state index contributed by atoms with van der Waals surface area (Å²) in [6.45, 7) is 6.39. The first kappa shape index (κ1) is 41.4. The third-order valence-electron chi connectivity index (χ3n) is 9.47. The average Bonchev–Trinajstić information content (AvgIpc) is 3.97. The highest BCUT2D eigenvalue weighted by Gasteiger charge is 2.45. The minimum absolute atomic E-state index is 0.0332. The van der Waals surface area contributed by atoms with E-state index in [0.29, 0.717) is 29.0 Å². The number of rotatable bonds is 19. The normalized spacial score (nSPS) is 20.7. The van der Waals surface area contributed by atoms with Crippen molar-refractivity contribution < 1.29 is 56.3 Å². The van der Waals surface area contributed by atoms with E-state index in [1.54, 1.807) is 12.1 Å². The summed E-state index contributed by atoms with van der Waals surface area (Å²) in [6.07, 6.45) is -2.55. The van der Waals surface area contributed by atoms with Gasteiger partial charge < -0.3 is 43.6 Å². The third kappa shape index (κ3) is 10.6. The van der Waals surface area contributed by atoms with Gasteiger partial charge in [-0.25, -0.2) is 23.0 Å². The maximum Gasteiger partial charge on any atom is 0.407 e. The minimum atomic E-state index is -4.24. The number of carboxylic acid groups (broad SMARTS) is 1. The van der Waals surface area contributed by atoms with Crippen molar-refractivity contribution in [3.05, 3.63) is 64.1 Å². The van der Waals surface area contributed by atoms with Gasteiger partial charge in [0.2, 0.25) is 16.8 Å². The second-order valence-corrected chi connectivity index (χ2v) is 18.0. The first-order valence-corrected chi connectivity index (χ1v) is 21.9. The zero-order valence-electron chi connectivity index (χ0n) is 30.8. The molecule has 0 bridgehead atoms. The van der Waals surface area contributed by atoms with Crippen molar-refractivity contribution in [2.45, 2.75) is 69.7 Å². The zero-order chi connectivity index (χ0) is 39.1. The number of benzene rings is 2. The van der Waals surface area contributed by atoms with Gasteiger partial charge in [0.05, 0.1) is 41.3 Å². The summed E-state index contributed by atoms with van der Waals surface area (Å²) >= 11 is 3.62. The average molecular weight is 916 g/mol. The molecule has 2 unspecified atom stereocenters. The zero-order valence-corrected chi connectivity index (χ0v) is 34.5. The van der Waals surface area contributed by atoms with E-state index in [1.807, 2.05) is 38.3 Å². The number of thiazole rings is 1. The van der Waals surface area contributed by atoms with Gasteiger partial charge in [0, 0.05) is 40.9 Å². The Morgan fingerprint density at radius 3 is 2.60 bits per heavy atom. The van der Waals surface area contributed by atoms with Crippen molar-refractivity contribution in [1.82, 2.24) is 14.6 Å². The van der Waals surface area contributed by atoms with Crippen molar-refractivity contribution in [3.8, 4) is 17.2 Å². The molecule has 1 amide bonds. The molecule has 3 aliphatic rings. The number of carbonyl (C=O) groups excluding carboxylic acids is 1. The number of aromatic nitrogens is 1. The van der Waals surface area contributed by atoms with Gasteiger partial charge >= 0.3 is 12.1 Å². The molecule has 1 aromatic heterocycles. The van der Waals surface area contributed by atoms with E-state index in [9.17, 15) is 23.1 Å². The van der Waals surface area contributed by atoms with E-state index < -0.39 is 52.5 Å². The van der Waals surface area contributed by atoms with E-state index in [0.717, 1.165) is 16.3 Å². The van der Waals surface area contributed by atoms with Crippen LogP contribution in [0.2, 0.25) is 0 Å². The number of carbonyl (C=O) groups is 2. The van der Waals surface area contributed by atoms with Crippen LogP contribution in [0.15, 0.2) is 52.7 Å². The number of ether oxygens (including phenoxy) is 7. The Labute approximate surface area is 338 Å². The standard InChI is InChI=1S/C37H46IN3O12S2/c1-22(2)16-41(55(45,46)27-8-9-31-32(15-27)52-21-51-31)17-29(34(35(42)43)47-13-11-38)30(40-37(44)53-33-19-50-36-28(33)10-12-48-36)14-24-4-6-26(7-5-24)49-18-25-20-54-23(3)39-25/h4-9,15,20,22,28-30,33-34,36H,10-14,16-19,21H2,1-3H3,(H,40,44)(H,42,43)/t28-,29?,30?,33-,34-,36+/m0/s1. The number of alkyl halides is 1. The summed E-state index contributed by atoms with van der Waals surface area (Å²) in [6, 6.07) is 10.6. The summed E-state index contributed by atoms with van der Waals surface area (Å²) in [5.41, 5.74) is 1.54. The number of fused-ring (bicyclic) bond motifs is 2. The van der Waals surface area contributed by atoms with Crippen molar-refractivity contribution in [2.24, 2.45) is 17.8 Å². The van der Waals surface area contributed by atoms with Crippen LogP contribution in [0.25, 0.3) is 0 Å². The predicted molar refractivity (Wildman–Crippen MR) is 208 cm³/mol. The number of nitrogens with zero attached hydrogens (tertiary/aromatic N) is 2. The molecular weight excluding hydrogens is 869 g/mol. The summed E-state index contributed by atoms with van der Waals surface area (Å²) in [7, 11) is -4.24. The molecule has 2 N–H and O–H groups in total. The SMILES string of the molecule is Cc1nc(COc2ccc(CC(NC(=O)O[C@H]3CO[C@H]4OCC[C@H]43)C(CN(CC(C)C)S(=O)(=O)c3ccc4c(c3)OCO4)[C@H](OCCI)C(=O)O)cc2)cs1. The van der Waals surface area contributed by atoms with Crippen LogP contribution in [0.3, 0.4) is 0 Å². The largest absolute Gasteiger partial charge is 0.487 e. The number of sulfonamides is 1. The smallest absolute Gasteiger partial charge is 0.407 e. The topological polar surface area (TPSA) is 181 Å². The monoisotopic (exact) mass is 915 g/mol. The summed E-state index contributed by atoms with van der Waals surface area (Å²) in [5, 5.41) is 16.5. The van der Waals surface area contributed by atoms with Gasteiger partial charge in [-0.1, -0.05) is 48.6 Å². The summed E-state index contributed by atoms with van der Waals surface area (Å²) < 4.78 is 70.5. The van der Waals surface area contributed by atoms with Gasteiger partial charge in [0.1, 0.15) is 18.5 Å². The number of halogens is 1.